The first kappa shape index (κ1) is 11.9. The maximum atomic E-state index is 2.51. The van der Waals surface area contributed by atoms with Gasteiger partial charge in [0.05, 0.1) is 0 Å². The molecule has 0 radical (unpaired) electrons. The van der Waals surface area contributed by atoms with Crippen LogP contribution in [0.1, 0.15) is 25.7 Å². The summed E-state index contributed by atoms with van der Waals surface area (Å²) in [7, 11) is 0. The third-order valence-corrected chi connectivity index (χ3v) is 5.35. The van der Waals surface area contributed by atoms with E-state index in [0.717, 1.165) is 11.2 Å². The van der Waals surface area contributed by atoms with E-state index in [4.69, 9.17) is 0 Å². The van der Waals surface area contributed by atoms with Gasteiger partial charge < -0.3 is 0 Å². The fourth-order valence-corrected chi connectivity index (χ4v) is 4.89. The summed E-state index contributed by atoms with van der Waals surface area (Å²) in [6, 6.07) is 0. The third-order valence-electron chi connectivity index (χ3n) is 2.45. The number of alkyl halides is 2. The van der Waals surface area contributed by atoms with Crippen molar-refractivity contribution in [1.29, 1.82) is 0 Å². The van der Waals surface area contributed by atoms with Crippen LogP contribution in [0.25, 0.3) is 0 Å². The fraction of sp³-hybridized carbons (Fsp3) is 1.00. The standard InChI is InChI=1S/C9H16I2S/c10-5-1-2-8-4-7-12-9(8)3-6-11/h8-9H,1-7H2. The molecular weight excluding hydrogens is 394 g/mol. The number of rotatable bonds is 5. The summed E-state index contributed by atoms with van der Waals surface area (Å²) in [5.41, 5.74) is 0. The normalized spacial score (nSPS) is 29.5. The average Bonchev–Trinajstić information content (AvgIpc) is 2.50. The minimum absolute atomic E-state index is 1.00. The number of halogens is 2. The molecule has 0 N–H and O–H groups in total. The molecule has 0 aromatic rings. The highest BCUT2D eigenvalue weighted by atomic mass is 127. The maximum absolute atomic E-state index is 2.51. The first-order chi connectivity index (χ1) is 5.88. The SMILES string of the molecule is ICCCC1CCSC1CCI. The van der Waals surface area contributed by atoms with Crippen molar-refractivity contribution >= 4 is 56.9 Å². The molecule has 0 nitrogen and oxygen atoms in total. The van der Waals surface area contributed by atoms with E-state index in [-0.39, 0.29) is 0 Å². The van der Waals surface area contributed by atoms with E-state index in [1.54, 1.807) is 0 Å². The van der Waals surface area contributed by atoms with Gasteiger partial charge in [-0.15, -0.1) is 0 Å². The summed E-state index contributed by atoms with van der Waals surface area (Å²) in [5, 5.41) is 1.00. The molecule has 0 aromatic carbocycles. The van der Waals surface area contributed by atoms with Crippen LogP contribution in [0.2, 0.25) is 0 Å². The molecule has 1 heterocycles. The van der Waals surface area contributed by atoms with Crippen molar-refractivity contribution in [2.24, 2.45) is 5.92 Å². The number of hydrogen-bond acceptors (Lipinski definition) is 1. The monoisotopic (exact) mass is 410 g/mol. The summed E-state index contributed by atoms with van der Waals surface area (Å²) >= 11 is 7.22. The molecule has 0 aromatic heterocycles. The predicted octanol–water partition coefficient (Wildman–Crippen LogP) is 4.15. The van der Waals surface area contributed by atoms with Crippen LogP contribution in [0.3, 0.4) is 0 Å². The van der Waals surface area contributed by atoms with Crippen molar-refractivity contribution in [3.05, 3.63) is 0 Å². The van der Waals surface area contributed by atoms with Crippen molar-refractivity contribution in [1.82, 2.24) is 0 Å². The molecule has 0 spiro atoms. The van der Waals surface area contributed by atoms with Crippen molar-refractivity contribution in [2.75, 3.05) is 14.6 Å². The Morgan fingerprint density at radius 3 is 2.67 bits per heavy atom. The lowest BCUT2D eigenvalue weighted by atomic mass is 9.96. The molecule has 3 heteroatoms. The zero-order valence-electron chi connectivity index (χ0n) is 7.27. The van der Waals surface area contributed by atoms with Gasteiger partial charge in [0.1, 0.15) is 0 Å². The lowest BCUT2D eigenvalue weighted by molar-refractivity contribution is 0.467. The smallest absolute Gasteiger partial charge is 0.00829 e. The van der Waals surface area contributed by atoms with Crippen LogP contribution in [-0.4, -0.2) is 19.9 Å². The minimum atomic E-state index is 1.00. The first-order valence-corrected chi connectivity index (χ1v) is 8.72. The van der Waals surface area contributed by atoms with Gasteiger partial charge in [0.2, 0.25) is 0 Å². The van der Waals surface area contributed by atoms with Gasteiger partial charge in [0.15, 0.2) is 0 Å². The molecule has 0 bridgehead atoms. The fourth-order valence-electron chi connectivity index (χ4n) is 1.79. The van der Waals surface area contributed by atoms with Crippen molar-refractivity contribution in [3.8, 4) is 0 Å². The Bertz CT molecular complexity index is 119. The minimum Gasteiger partial charge on any atom is -0.158 e. The second-order valence-corrected chi connectivity index (χ2v) is 6.77. The molecule has 1 fully saturated rings. The lowest BCUT2D eigenvalue weighted by Gasteiger charge is -2.16. The van der Waals surface area contributed by atoms with Gasteiger partial charge in [-0.05, 0) is 41.8 Å². The number of hydrogen-bond donors (Lipinski definition) is 0. The molecular formula is C9H16I2S. The second-order valence-electron chi connectivity index (χ2n) is 3.27. The lowest BCUT2D eigenvalue weighted by Crippen LogP contribution is -2.12. The molecule has 72 valence electrons. The van der Waals surface area contributed by atoms with Gasteiger partial charge in [0.25, 0.3) is 0 Å². The number of thioether (sulfide) groups is 1. The maximum Gasteiger partial charge on any atom is 0.00829 e. The molecule has 1 aliphatic heterocycles. The zero-order valence-corrected chi connectivity index (χ0v) is 12.4. The molecule has 0 saturated carbocycles. The molecule has 1 saturated heterocycles. The third kappa shape index (κ3) is 3.90. The summed E-state index contributed by atoms with van der Waals surface area (Å²) in [4.78, 5) is 0. The largest absolute Gasteiger partial charge is 0.158 e. The zero-order chi connectivity index (χ0) is 8.81. The van der Waals surface area contributed by atoms with E-state index in [1.165, 1.54) is 40.3 Å². The van der Waals surface area contributed by atoms with E-state index in [1.807, 2.05) is 0 Å². The highest BCUT2D eigenvalue weighted by Gasteiger charge is 2.26. The van der Waals surface area contributed by atoms with E-state index < -0.39 is 0 Å². The van der Waals surface area contributed by atoms with Gasteiger partial charge in [-0.1, -0.05) is 45.2 Å². The van der Waals surface area contributed by atoms with Gasteiger partial charge in [-0.3, -0.25) is 0 Å². The second kappa shape index (κ2) is 7.15. The molecule has 2 unspecified atom stereocenters. The average molecular weight is 410 g/mol. The molecule has 2 atom stereocenters. The Morgan fingerprint density at radius 2 is 2.00 bits per heavy atom. The van der Waals surface area contributed by atoms with E-state index in [2.05, 4.69) is 56.9 Å². The highest BCUT2D eigenvalue weighted by molar-refractivity contribution is 14.1. The van der Waals surface area contributed by atoms with Gasteiger partial charge in [-0.2, -0.15) is 11.8 Å². The van der Waals surface area contributed by atoms with Crippen LogP contribution in [0.4, 0.5) is 0 Å². The van der Waals surface area contributed by atoms with Crippen LogP contribution >= 0.6 is 56.9 Å². The van der Waals surface area contributed by atoms with Crippen LogP contribution in [0, 0.1) is 5.92 Å². The Kier molecular flexibility index (Phi) is 7.08. The van der Waals surface area contributed by atoms with E-state index in [0.29, 0.717) is 0 Å². The summed E-state index contributed by atoms with van der Waals surface area (Å²) in [6.45, 7) is 0. The van der Waals surface area contributed by atoms with Gasteiger partial charge in [0, 0.05) is 9.68 Å². The Morgan fingerprint density at radius 1 is 1.17 bits per heavy atom. The molecule has 12 heavy (non-hydrogen) atoms. The van der Waals surface area contributed by atoms with Crippen LogP contribution in [-0.2, 0) is 0 Å². The summed E-state index contributed by atoms with van der Waals surface area (Å²) < 4.78 is 2.69. The summed E-state index contributed by atoms with van der Waals surface area (Å²) in [5.74, 6) is 2.48. The Labute approximate surface area is 107 Å². The molecule has 1 aliphatic rings. The molecule has 0 amide bonds. The van der Waals surface area contributed by atoms with Gasteiger partial charge in [-0.25, -0.2) is 0 Å². The topological polar surface area (TPSA) is 0 Å². The van der Waals surface area contributed by atoms with Crippen molar-refractivity contribution in [2.45, 2.75) is 30.9 Å². The van der Waals surface area contributed by atoms with Crippen molar-refractivity contribution < 1.29 is 0 Å². The van der Waals surface area contributed by atoms with E-state index in [9.17, 15) is 0 Å². The summed E-state index contributed by atoms with van der Waals surface area (Å²) in [6.07, 6.45) is 5.85. The first-order valence-electron chi connectivity index (χ1n) is 4.62. The quantitative estimate of drug-likeness (QED) is 0.485. The van der Waals surface area contributed by atoms with Crippen LogP contribution in [0.5, 0.6) is 0 Å². The molecule has 0 aliphatic carbocycles. The predicted molar refractivity (Wildman–Crippen MR) is 76.0 cm³/mol. The van der Waals surface area contributed by atoms with Gasteiger partial charge >= 0.3 is 0 Å². The van der Waals surface area contributed by atoms with E-state index >= 15 is 0 Å². The van der Waals surface area contributed by atoms with Crippen LogP contribution < -0.4 is 0 Å². The highest BCUT2D eigenvalue weighted by Crippen LogP contribution is 2.37. The van der Waals surface area contributed by atoms with Crippen molar-refractivity contribution in [3.63, 3.8) is 0 Å². The van der Waals surface area contributed by atoms with Crippen LogP contribution in [0.15, 0.2) is 0 Å². The molecule has 1 rings (SSSR count). The Hall–Kier alpha value is 1.81. The Balaban J connectivity index is 2.20.